The Balaban J connectivity index is 2.08. The van der Waals surface area contributed by atoms with Crippen LogP contribution in [-0.4, -0.2) is 49.9 Å². The second-order valence-electron chi connectivity index (χ2n) is 6.95. The zero-order chi connectivity index (χ0) is 22.1. The first-order valence-electron chi connectivity index (χ1n) is 9.22. The first-order chi connectivity index (χ1) is 14.2. The zero-order valence-corrected chi connectivity index (χ0v) is 17.6. The van der Waals surface area contributed by atoms with Gasteiger partial charge in [-0.05, 0) is 30.2 Å². The van der Waals surface area contributed by atoms with Crippen molar-refractivity contribution in [3.63, 3.8) is 0 Å². The predicted octanol–water partition coefficient (Wildman–Crippen LogP) is 2.74. The number of carbonyl (C=O) groups excluding carboxylic acids is 1. The number of rotatable bonds is 8. The summed E-state index contributed by atoms with van der Waals surface area (Å²) in [6.07, 6.45) is 1.09. The lowest BCUT2D eigenvalue weighted by Gasteiger charge is -2.28. The van der Waals surface area contributed by atoms with E-state index in [0.29, 0.717) is 29.2 Å². The molecule has 0 bridgehead atoms. The third kappa shape index (κ3) is 4.23. The highest BCUT2D eigenvalue weighted by atomic mass is 32.2. The fourth-order valence-corrected chi connectivity index (χ4v) is 4.54. The molecule has 1 amide bonds. The van der Waals surface area contributed by atoms with Crippen LogP contribution in [0.15, 0.2) is 36.4 Å². The number of benzene rings is 2. The van der Waals surface area contributed by atoms with Crippen molar-refractivity contribution < 1.29 is 27.6 Å². The quantitative estimate of drug-likeness (QED) is 0.463. The zero-order valence-electron chi connectivity index (χ0n) is 16.8. The van der Waals surface area contributed by atoms with Gasteiger partial charge >= 0.3 is 0 Å². The number of ether oxygens (including phenoxy) is 2. The SMILES string of the molecule is CCOc1cc(C(CS(C)(=O)=O)N2Cc3cccc([N+](=O)[O-])c3C2=O)ccc1OC. The summed E-state index contributed by atoms with van der Waals surface area (Å²) in [4.78, 5) is 25.3. The second kappa shape index (κ2) is 8.31. The molecule has 2 aromatic carbocycles. The van der Waals surface area contributed by atoms with Gasteiger partial charge in [0.1, 0.15) is 15.4 Å². The number of nitrogens with zero attached hydrogens (tertiary/aromatic N) is 2. The fraction of sp³-hybridized carbons (Fsp3) is 0.350. The van der Waals surface area contributed by atoms with Crippen LogP contribution < -0.4 is 9.47 Å². The molecule has 9 nitrogen and oxygen atoms in total. The maximum Gasteiger partial charge on any atom is 0.282 e. The Morgan fingerprint density at radius 3 is 2.57 bits per heavy atom. The van der Waals surface area contributed by atoms with Crippen molar-refractivity contribution in [3.05, 3.63) is 63.2 Å². The van der Waals surface area contributed by atoms with E-state index < -0.39 is 26.7 Å². The minimum Gasteiger partial charge on any atom is -0.493 e. The monoisotopic (exact) mass is 434 g/mol. The lowest BCUT2D eigenvalue weighted by atomic mass is 10.1. The van der Waals surface area contributed by atoms with E-state index in [1.807, 2.05) is 0 Å². The van der Waals surface area contributed by atoms with E-state index in [4.69, 9.17) is 9.47 Å². The van der Waals surface area contributed by atoms with Crippen LogP contribution in [0.2, 0.25) is 0 Å². The van der Waals surface area contributed by atoms with E-state index >= 15 is 0 Å². The normalized spacial score (nSPS) is 14.4. The smallest absolute Gasteiger partial charge is 0.282 e. The van der Waals surface area contributed by atoms with E-state index in [-0.39, 0.29) is 23.5 Å². The topological polar surface area (TPSA) is 116 Å². The molecule has 3 rings (SSSR count). The van der Waals surface area contributed by atoms with Crippen molar-refractivity contribution in [3.8, 4) is 11.5 Å². The molecule has 160 valence electrons. The molecule has 1 aliphatic rings. The summed E-state index contributed by atoms with van der Waals surface area (Å²) >= 11 is 0. The molecule has 1 unspecified atom stereocenters. The highest BCUT2D eigenvalue weighted by Crippen LogP contribution is 2.38. The van der Waals surface area contributed by atoms with Crippen LogP contribution >= 0.6 is 0 Å². The number of amides is 1. The minimum absolute atomic E-state index is 0.000422. The van der Waals surface area contributed by atoms with Crippen LogP contribution in [0.25, 0.3) is 0 Å². The molecular weight excluding hydrogens is 412 g/mol. The van der Waals surface area contributed by atoms with Crippen molar-refractivity contribution >= 4 is 21.4 Å². The lowest BCUT2D eigenvalue weighted by Crippen LogP contribution is -2.33. The summed E-state index contributed by atoms with van der Waals surface area (Å²) in [6, 6.07) is 8.53. The van der Waals surface area contributed by atoms with Crippen molar-refractivity contribution in [2.45, 2.75) is 19.5 Å². The Hall–Kier alpha value is -3.14. The van der Waals surface area contributed by atoms with Crippen molar-refractivity contribution in [2.75, 3.05) is 25.7 Å². The van der Waals surface area contributed by atoms with Crippen LogP contribution in [0.3, 0.4) is 0 Å². The number of carbonyl (C=O) groups is 1. The average molecular weight is 434 g/mol. The third-order valence-electron chi connectivity index (χ3n) is 4.85. The van der Waals surface area contributed by atoms with Crippen molar-refractivity contribution in [2.24, 2.45) is 0 Å². The van der Waals surface area contributed by atoms with Gasteiger partial charge < -0.3 is 14.4 Å². The molecule has 0 spiro atoms. The molecule has 0 saturated heterocycles. The van der Waals surface area contributed by atoms with Crippen molar-refractivity contribution in [1.29, 1.82) is 0 Å². The van der Waals surface area contributed by atoms with Gasteiger partial charge in [-0.25, -0.2) is 8.42 Å². The molecule has 0 N–H and O–H groups in total. The Bertz CT molecular complexity index is 1100. The number of sulfone groups is 1. The largest absolute Gasteiger partial charge is 0.493 e. The lowest BCUT2D eigenvalue weighted by molar-refractivity contribution is -0.385. The van der Waals surface area contributed by atoms with Crippen molar-refractivity contribution in [1.82, 2.24) is 4.90 Å². The highest BCUT2D eigenvalue weighted by Gasteiger charge is 2.39. The highest BCUT2D eigenvalue weighted by molar-refractivity contribution is 7.90. The van der Waals surface area contributed by atoms with Gasteiger partial charge in [-0.15, -0.1) is 0 Å². The van der Waals surface area contributed by atoms with Gasteiger partial charge in [0.15, 0.2) is 11.5 Å². The van der Waals surface area contributed by atoms with Crippen LogP contribution in [0, 0.1) is 10.1 Å². The molecule has 1 aliphatic heterocycles. The van der Waals surface area contributed by atoms with Crippen LogP contribution in [0.1, 0.15) is 34.5 Å². The summed E-state index contributed by atoms with van der Waals surface area (Å²) in [5.74, 6) is -0.00504. The first-order valence-corrected chi connectivity index (χ1v) is 11.3. The molecule has 10 heteroatoms. The van der Waals surface area contributed by atoms with E-state index in [9.17, 15) is 23.3 Å². The Morgan fingerprint density at radius 2 is 1.97 bits per heavy atom. The molecule has 30 heavy (non-hydrogen) atoms. The van der Waals surface area contributed by atoms with E-state index in [1.54, 1.807) is 31.2 Å². The van der Waals surface area contributed by atoms with E-state index in [1.165, 1.54) is 24.1 Å². The molecule has 0 fully saturated rings. The summed E-state index contributed by atoms with van der Waals surface area (Å²) in [7, 11) is -2.00. The summed E-state index contributed by atoms with van der Waals surface area (Å²) < 4.78 is 35.2. The second-order valence-corrected chi connectivity index (χ2v) is 9.14. The molecule has 1 atom stereocenters. The van der Waals surface area contributed by atoms with Gasteiger partial charge in [-0.2, -0.15) is 0 Å². The Kier molecular flexibility index (Phi) is 5.97. The van der Waals surface area contributed by atoms with Gasteiger partial charge in [0.25, 0.3) is 11.6 Å². The molecule has 1 heterocycles. The molecule has 2 aromatic rings. The van der Waals surface area contributed by atoms with Gasteiger partial charge in [0.2, 0.25) is 0 Å². The summed E-state index contributed by atoms with van der Waals surface area (Å²) in [5, 5.41) is 11.4. The number of fused-ring (bicyclic) bond motifs is 1. The van der Waals surface area contributed by atoms with Gasteiger partial charge in [-0.1, -0.05) is 18.2 Å². The third-order valence-corrected chi connectivity index (χ3v) is 5.77. The fourth-order valence-electron chi connectivity index (χ4n) is 3.59. The number of nitro groups is 1. The summed E-state index contributed by atoms with van der Waals surface area (Å²) in [5.41, 5.74) is 0.738. The number of hydrogen-bond acceptors (Lipinski definition) is 7. The van der Waals surface area contributed by atoms with Crippen LogP contribution in [-0.2, 0) is 16.4 Å². The number of hydrogen-bond donors (Lipinski definition) is 0. The Morgan fingerprint density at radius 1 is 1.23 bits per heavy atom. The van der Waals surface area contributed by atoms with Crippen LogP contribution in [0.4, 0.5) is 5.69 Å². The molecule has 0 aliphatic carbocycles. The maximum atomic E-state index is 13.1. The van der Waals surface area contributed by atoms with E-state index in [2.05, 4.69) is 0 Å². The van der Waals surface area contributed by atoms with Crippen LogP contribution in [0.5, 0.6) is 11.5 Å². The standard InChI is InChI=1S/C20H22N2O7S/c1-4-29-18-10-13(8-9-17(18)28-2)16(12-30(3,26)27)21-11-14-6-5-7-15(22(24)25)19(14)20(21)23/h5-10,16H,4,11-12H2,1-3H3. The molecular formula is C20H22N2O7S. The first kappa shape index (κ1) is 21.6. The number of nitro benzene ring substituents is 1. The van der Waals surface area contributed by atoms with Gasteiger partial charge in [0.05, 0.1) is 30.4 Å². The van der Waals surface area contributed by atoms with E-state index in [0.717, 1.165) is 6.26 Å². The Labute approximate surface area is 174 Å². The van der Waals surface area contributed by atoms with Gasteiger partial charge in [-0.3, -0.25) is 14.9 Å². The average Bonchev–Trinajstić information content (AvgIpc) is 3.02. The number of methoxy groups -OCH3 is 1. The molecule has 0 saturated carbocycles. The molecule has 0 aromatic heterocycles. The van der Waals surface area contributed by atoms with Gasteiger partial charge in [0, 0.05) is 18.9 Å². The molecule has 0 radical (unpaired) electrons. The predicted molar refractivity (Wildman–Crippen MR) is 110 cm³/mol. The summed E-state index contributed by atoms with van der Waals surface area (Å²) in [6.45, 7) is 2.25. The minimum atomic E-state index is -3.49. The maximum absolute atomic E-state index is 13.1.